The van der Waals surface area contributed by atoms with E-state index in [1.807, 2.05) is 6.07 Å². The predicted molar refractivity (Wildman–Crippen MR) is 76.0 cm³/mol. The summed E-state index contributed by atoms with van der Waals surface area (Å²) in [6, 6.07) is 5.28. The Balaban J connectivity index is 1.90. The van der Waals surface area contributed by atoms with Crippen LogP contribution in [0.3, 0.4) is 0 Å². The molecular weight excluding hydrogens is 280 g/mol. The maximum absolute atomic E-state index is 10.8. The number of fused-ring (bicyclic) bond motifs is 1. The Morgan fingerprint density at radius 2 is 2.35 bits per heavy atom. The van der Waals surface area contributed by atoms with E-state index in [9.17, 15) is 10.1 Å². The Morgan fingerprint density at radius 1 is 1.55 bits per heavy atom. The summed E-state index contributed by atoms with van der Waals surface area (Å²) < 4.78 is 1.76. The number of halogens is 1. The highest BCUT2D eigenvalue weighted by Crippen LogP contribution is 2.34. The summed E-state index contributed by atoms with van der Waals surface area (Å²) in [5, 5.41) is 15.6. The molecule has 0 amide bonds. The van der Waals surface area contributed by atoms with Gasteiger partial charge in [0.2, 0.25) is 0 Å². The molecule has 2 heterocycles. The summed E-state index contributed by atoms with van der Waals surface area (Å²) in [6.07, 6.45) is 4.16. The topological polar surface area (TPSA) is 64.2 Å². The van der Waals surface area contributed by atoms with Crippen molar-refractivity contribution in [3.8, 4) is 0 Å². The third-order valence-electron chi connectivity index (χ3n) is 3.53. The van der Waals surface area contributed by atoms with Gasteiger partial charge in [-0.2, -0.15) is 5.10 Å². The molecule has 3 rings (SSSR count). The van der Waals surface area contributed by atoms with E-state index < -0.39 is 0 Å². The van der Waals surface area contributed by atoms with E-state index in [4.69, 9.17) is 11.6 Å². The van der Waals surface area contributed by atoms with Crippen LogP contribution in [0.25, 0.3) is 0 Å². The molecule has 2 aromatic rings. The molecule has 0 saturated carbocycles. The van der Waals surface area contributed by atoms with Gasteiger partial charge < -0.3 is 4.90 Å². The maximum Gasteiger partial charge on any atom is 0.269 e. The number of nitro groups is 1. The lowest BCUT2D eigenvalue weighted by molar-refractivity contribution is -0.384. The normalized spacial score (nSPS) is 17.3. The van der Waals surface area contributed by atoms with Gasteiger partial charge in [-0.05, 0) is 25.0 Å². The van der Waals surface area contributed by atoms with Crippen molar-refractivity contribution in [1.82, 2.24) is 9.78 Å². The zero-order valence-corrected chi connectivity index (χ0v) is 11.6. The number of nitrogens with zero attached hydrogens (tertiary/aromatic N) is 4. The van der Waals surface area contributed by atoms with E-state index in [0.29, 0.717) is 11.7 Å². The SMILES string of the molecule is CC1Cc2cc([N+](=O)[O-])ccc2N1Cn1cc(Cl)cn1. The number of rotatable bonds is 3. The molecule has 0 N–H and O–H groups in total. The molecule has 0 fully saturated rings. The molecule has 0 spiro atoms. The molecule has 1 atom stereocenters. The van der Waals surface area contributed by atoms with Crippen LogP contribution in [-0.4, -0.2) is 20.7 Å². The Bertz CT molecular complexity index is 670. The highest BCUT2D eigenvalue weighted by molar-refractivity contribution is 6.30. The molecule has 20 heavy (non-hydrogen) atoms. The molecule has 0 aliphatic carbocycles. The van der Waals surface area contributed by atoms with E-state index in [1.54, 1.807) is 29.2 Å². The Hall–Kier alpha value is -2.08. The van der Waals surface area contributed by atoms with Crippen molar-refractivity contribution in [3.63, 3.8) is 0 Å². The van der Waals surface area contributed by atoms with Crippen LogP contribution < -0.4 is 4.90 Å². The highest BCUT2D eigenvalue weighted by atomic mass is 35.5. The second-order valence-corrected chi connectivity index (χ2v) is 5.37. The molecule has 1 aliphatic heterocycles. The van der Waals surface area contributed by atoms with Gasteiger partial charge in [0, 0.05) is 30.1 Å². The van der Waals surface area contributed by atoms with Gasteiger partial charge in [0.25, 0.3) is 5.69 Å². The average molecular weight is 293 g/mol. The molecule has 6 nitrogen and oxygen atoms in total. The van der Waals surface area contributed by atoms with Gasteiger partial charge in [-0.1, -0.05) is 11.6 Å². The minimum Gasteiger partial charge on any atom is -0.349 e. The number of benzene rings is 1. The molecule has 0 radical (unpaired) electrons. The van der Waals surface area contributed by atoms with Crippen molar-refractivity contribution in [2.75, 3.05) is 4.90 Å². The van der Waals surface area contributed by atoms with E-state index >= 15 is 0 Å². The van der Waals surface area contributed by atoms with Gasteiger partial charge >= 0.3 is 0 Å². The zero-order chi connectivity index (χ0) is 14.3. The third kappa shape index (κ3) is 2.22. The van der Waals surface area contributed by atoms with Gasteiger partial charge in [0.15, 0.2) is 0 Å². The van der Waals surface area contributed by atoms with Gasteiger partial charge in [-0.25, -0.2) is 0 Å². The lowest BCUT2D eigenvalue weighted by atomic mass is 10.1. The molecule has 0 bridgehead atoms. The second kappa shape index (κ2) is 4.79. The van der Waals surface area contributed by atoms with Crippen LogP contribution in [0.2, 0.25) is 5.02 Å². The van der Waals surface area contributed by atoms with Crippen LogP contribution in [-0.2, 0) is 13.1 Å². The van der Waals surface area contributed by atoms with Crippen LogP contribution in [0.15, 0.2) is 30.6 Å². The van der Waals surface area contributed by atoms with Crippen LogP contribution in [0.4, 0.5) is 11.4 Å². The minimum absolute atomic E-state index is 0.139. The number of nitro benzene ring substituents is 1. The summed E-state index contributed by atoms with van der Waals surface area (Å²) >= 11 is 5.86. The molecule has 104 valence electrons. The quantitative estimate of drug-likeness (QED) is 0.644. The molecule has 1 aromatic carbocycles. The monoisotopic (exact) mass is 292 g/mol. The van der Waals surface area contributed by atoms with Crippen LogP contribution in [0.5, 0.6) is 0 Å². The van der Waals surface area contributed by atoms with E-state index in [2.05, 4.69) is 16.9 Å². The zero-order valence-electron chi connectivity index (χ0n) is 10.9. The molecule has 7 heteroatoms. The largest absolute Gasteiger partial charge is 0.349 e. The average Bonchev–Trinajstić information content (AvgIpc) is 2.94. The van der Waals surface area contributed by atoms with Crippen LogP contribution in [0.1, 0.15) is 12.5 Å². The summed E-state index contributed by atoms with van der Waals surface area (Å²) in [4.78, 5) is 12.6. The molecular formula is C13H13ClN4O2. The lowest BCUT2D eigenvalue weighted by Crippen LogP contribution is -2.31. The highest BCUT2D eigenvalue weighted by Gasteiger charge is 2.27. The van der Waals surface area contributed by atoms with E-state index in [1.165, 1.54) is 0 Å². The fourth-order valence-corrected chi connectivity index (χ4v) is 2.74. The predicted octanol–water partition coefficient (Wildman–Crippen LogP) is 2.85. The first-order valence-electron chi connectivity index (χ1n) is 6.26. The van der Waals surface area contributed by atoms with E-state index in [0.717, 1.165) is 17.7 Å². The molecule has 1 aromatic heterocycles. The number of aromatic nitrogens is 2. The summed E-state index contributed by atoms with van der Waals surface area (Å²) in [6.45, 7) is 2.68. The Kier molecular flexibility index (Phi) is 3.10. The number of hydrogen-bond acceptors (Lipinski definition) is 4. The first-order valence-corrected chi connectivity index (χ1v) is 6.64. The van der Waals surface area contributed by atoms with Gasteiger partial charge in [-0.3, -0.25) is 14.8 Å². The van der Waals surface area contributed by atoms with Gasteiger partial charge in [-0.15, -0.1) is 0 Å². The maximum atomic E-state index is 10.8. The minimum atomic E-state index is -0.360. The van der Waals surface area contributed by atoms with Crippen molar-refractivity contribution < 1.29 is 4.92 Å². The lowest BCUT2D eigenvalue weighted by Gasteiger charge is -2.24. The fourth-order valence-electron chi connectivity index (χ4n) is 2.58. The Morgan fingerprint density at radius 3 is 3.00 bits per heavy atom. The fraction of sp³-hybridized carbons (Fsp3) is 0.308. The van der Waals surface area contributed by atoms with Crippen molar-refractivity contribution in [2.24, 2.45) is 0 Å². The van der Waals surface area contributed by atoms with Crippen molar-refractivity contribution >= 4 is 23.0 Å². The van der Waals surface area contributed by atoms with Crippen LogP contribution >= 0.6 is 11.6 Å². The third-order valence-corrected chi connectivity index (χ3v) is 3.72. The van der Waals surface area contributed by atoms with Crippen molar-refractivity contribution in [1.29, 1.82) is 0 Å². The first kappa shape index (κ1) is 12.9. The van der Waals surface area contributed by atoms with Crippen molar-refractivity contribution in [3.05, 3.63) is 51.3 Å². The second-order valence-electron chi connectivity index (χ2n) is 4.93. The van der Waals surface area contributed by atoms with Crippen LogP contribution in [0, 0.1) is 10.1 Å². The summed E-state index contributed by atoms with van der Waals surface area (Å²) in [7, 11) is 0. The molecule has 1 aliphatic rings. The smallest absolute Gasteiger partial charge is 0.269 e. The first-order chi connectivity index (χ1) is 9.54. The van der Waals surface area contributed by atoms with Gasteiger partial charge in [0.1, 0.15) is 6.67 Å². The standard InChI is InChI=1S/C13H13ClN4O2/c1-9-4-10-5-12(18(19)20)2-3-13(10)17(9)8-16-7-11(14)6-15-16/h2-3,5-7,9H,4,8H2,1H3. The Labute approximate surface area is 120 Å². The number of anilines is 1. The van der Waals surface area contributed by atoms with Crippen molar-refractivity contribution in [2.45, 2.75) is 26.1 Å². The number of non-ortho nitro benzene ring substituents is 1. The molecule has 0 saturated heterocycles. The van der Waals surface area contributed by atoms with Gasteiger partial charge in [0.05, 0.1) is 16.1 Å². The summed E-state index contributed by atoms with van der Waals surface area (Å²) in [5.41, 5.74) is 2.17. The van der Waals surface area contributed by atoms with E-state index in [-0.39, 0.29) is 16.7 Å². The molecule has 1 unspecified atom stereocenters. The number of hydrogen-bond donors (Lipinski definition) is 0. The summed E-state index contributed by atoms with van der Waals surface area (Å²) in [5.74, 6) is 0.